The number of fused-ring (bicyclic) bond motifs is 1. The molecule has 26 heavy (non-hydrogen) atoms. The number of para-hydroxylation sites is 1. The Hall–Kier alpha value is -2.48. The summed E-state index contributed by atoms with van der Waals surface area (Å²) in [6.07, 6.45) is 0. The molecule has 3 rings (SSSR count). The molecule has 2 aliphatic heterocycles. The average molecular weight is 376 g/mol. The lowest BCUT2D eigenvalue weighted by Crippen LogP contribution is -2.39. The van der Waals surface area contributed by atoms with Gasteiger partial charge in [0, 0.05) is 5.56 Å². The van der Waals surface area contributed by atoms with Crippen molar-refractivity contribution in [2.45, 2.75) is 19.9 Å². The Morgan fingerprint density at radius 1 is 1.35 bits per heavy atom. The molecule has 2 aliphatic rings. The molecule has 2 heterocycles. The van der Waals surface area contributed by atoms with Crippen molar-refractivity contribution in [2.24, 2.45) is 4.99 Å². The number of allylic oxidation sites excluding steroid dienone is 1. The van der Waals surface area contributed by atoms with E-state index in [-0.39, 0.29) is 18.3 Å². The molecule has 1 saturated heterocycles. The van der Waals surface area contributed by atoms with Crippen LogP contribution in [0.15, 0.2) is 34.5 Å². The van der Waals surface area contributed by atoms with Crippen molar-refractivity contribution in [3.05, 3.63) is 35.0 Å². The van der Waals surface area contributed by atoms with Gasteiger partial charge in [0.1, 0.15) is 6.04 Å². The smallest absolute Gasteiger partial charge is 0.338 e. The van der Waals surface area contributed by atoms with E-state index in [1.165, 1.54) is 18.9 Å². The molecule has 0 bridgehead atoms. The predicted molar refractivity (Wildman–Crippen MR) is 98.4 cm³/mol. The third-order valence-corrected chi connectivity index (χ3v) is 5.15. The van der Waals surface area contributed by atoms with Gasteiger partial charge >= 0.3 is 5.97 Å². The molecule has 1 aromatic carbocycles. The molecular weight excluding hydrogens is 356 g/mol. The van der Waals surface area contributed by atoms with Gasteiger partial charge in [-0.3, -0.25) is 9.69 Å². The summed E-state index contributed by atoms with van der Waals surface area (Å²) >= 11 is 1.36. The van der Waals surface area contributed by atoms with E-state index in [9.17, 15) is 9.59 Å². The van der Waals surface area contributed by atoms with Crippen molar-refractivity contribution in [3.63, 3.8) is 0 Å². The van der Waals surface area contributed by atoms with Crippen LogP contribution in [0.4, 0.5) is 0 Å². The molecule has 8 heteroatoms. The molecule has 0 radical (unpaired) electrons. The first kappa shape index (κ1) is 18.3. The lowest BCUT2D eigenvalue weighted by molar-refractivity contribution is -0.139. The maximum absolute atomic E-state index is 12.7. The third kappa shape index (κ3) is 2.94. The van der Waals surface area contributed by atoms with Crippen LogP contribution in [0.3, 0.4) is 0 Å². The standard InChI is InChI=1S/C18H20N2O5S/c1-5-25-17(22)14-10(2)19-18-20(13(21)9-26-18)15(14)11-7-6-8-12(23-3)16(11)24-4/h6-8,15H,5,9H2,1-4H3/t15-/m0/s1. The number of aliphatic imine (C=N–C) groups is 1. The Balaban J connectivity index is 2.22. The Morgan fingerprint density at radius 2 is 2.12 bits per heavy atom. The Labute approximate surface area is 156 Å². The summed E-state index contributed by atoms with van der Waals surface area (Å²) < 4.78 is 16.2. The third-order valence-electron chi connectivity index (χ3n) is 4.21. The predicted octanol–water partition coefficient (Wildman–Crippen LogP) is 2.53. The number of nitrogens with zero attached hydrogens (tertiary/aromatic N) is 2. The maximum atomic E-state index is 12.7. The zero-order valence-electron chi connectivity index (χ0n) is 15.1. The highest BCUT2D eigenvalue weighted by molar-refractivity contribution is 8.15. The largest absolute Gasteiger partial charge is 0.493 e. The number of thioether (sulfide) groups is 1. The minimum atomic E-state index is -0.672. The first-order chi connectivity index (χ1) is 12.5. The number of amidine groups is 1. The number of carbonyl (C=O) groups excluding carboxylic acids is 2. The number of ether oxygens (including phenoxy) is 3. The normalized spacial score (nSPS) is 19.2. The quantitative estimate of drug-likeness (QED) is 0.735. The molecular formula is C18H20N2O5S. The maximum Gasteiger partial charge on any atom is 0.338 e. The van der Waals surface area contributed by atoms with E-state index in [0.717, 1.165) is 0 Å². The minimum absolute atomic E-state index is 0.113. The van der Waals surface area contributed by atoms with E-state index in [0.29, 0.717) is 33.5 Å². The topological polar surface area (TPSA) is 77.4 Å². The number of hydrogen-bond acceptors (Lipinski definition) is 7. The molecule has 0 spiro atoms. The second-order valence-electron chi connectivity index (χ2n) is 5.65. The number of esters is 1. The van der Waals surface area contributed by atoms with Crippen molar-refractivity contribution >= 4 is 28.8 Å². The van der Waals surface area contributed by atoms with Gasteiger partial charge in [-0.25, -0.2) is 9.79 Å². The summed E-state index contributed by atoms with van der Waals surface area (Å²) in [6, 6.07) is 4.71. The fourth-order valence-corrected chi connectivity index (χ4v) is 4.07. The second-order valence-corrected chi connectivity index (χ2v) is 6.59. The first-order valence-electron chi connectivity index (χ1n) is 8.15. The average Bonchev–Trinajstić information content (AvgIpc) is 3.00. The van der Waals surface area contributed by atoms with Gasteiger partial charge in [0.25, 0.3) is 0 Å². The van der Waals surface area contributed by atoms with Gasteiger partial charge in [-0.2, -0.15) is 0 Å². The van der Waals surface area contributed by atoms with Crippen LogP contribution < -0.4 is 9.47 Å². The van der Waals surface area contributed by atoms with Crippen molar-refractivity contribution in [1.82, 2.24) is 4.90 Å². The second kappa shape index (κ2) is 7.41. The lowest BCUT2D eigenvalue weighted by Gasteiger charge is -2.33. The number of carbonyl (C=O) groups is 2. The van der Waals surface area contributed by atoms with Crippen LogP contribution in [0.5, 0.6) is 11.5 Å². The van der Waals surface area contributed by atoms with Crippen molar-refractivity contribution in [3.8, 4) is 11.5 Å². The van der Waals surface area contributed by atoms with E-state index in [4.69, 9.17) is 14.2 Å². The highest BCUT2D eigenvalue weighted by atomic mass is 32.2. The number of rotatable bonds is 5. The molecule has 0 aromatic heterocycles. The van der Waals surface area contributed by atoms with Crippen LogP contribution in [-0.4, -0.2) is 48.5 Å². The van der Waals surface area contributed by atoms with E-state index in [2.05, 4.69) is 4.99 Å². The Morgan fingerprint density at radius 3 is 2.77 bits per heavy atom. The van der Waals surface area contributed by atoms with Gasteiger partial charge in [-0.1, -0.05) is 23.9 Å². The highest BCUT2D eigenvalue weighted by Crippen LogP contribution is 2.46. The number of hydrogen-bond donors (Lipinski definition) is 0. The van der Waals surface area contributed by atoms with Gasteiger partial charge in [-0.05, 0) is 19.9 Å². The van der Waals surface area contributed by atoms with Gasteiger partial charge in [0.05, 0.1) is 37.8 Å². The molecule has 1 amide bonds. The molecule has 138 valence electrons. The van der Waals surface area contributed by atoms with Crippen LogP contribution in [0.2, 0.25) is 0 Å². The zero-order chi connectivity index (χ0) is 18.8. The summed E-state index contributed by atoms with van der Waals surface area (Å²) in [5.41, 5.74) is 1.52. The molecule has 0 aliphatic carbocycles. The van der Waals surface area contributed by atoms with Crippen LogP contribution in [0.1, 0.15) is 25.5 Å². The van der Waals surface area contributed by atoms with Gasteiger partial charge < -0.3 is 14.2 Å². The fourth-order valence-electron chi connectivity index (χ4n) is 3.13. The van der Waals surface area contributed by atoms with Crippen molar-refractivity contribution < 1.29 is 23.8 Å². The van der Waals surface area contributed by atoms with E-state index in [1.54, 1.807) is 38.0 Å². The molecule has 1 fully saturated rings. The van der Waals surface area contributed by atoms with Gasteiger partial charge in [0.15, 0.2) is 16.7 Å². The SMILES string of the molecule is CCOC(=O)C1=C(C)N=C2SCC(=O)N2[C@H]1c1cccc(OC)c1OC. The first-order valence-corrected chi connectivity index (χ1v) is 9.14. The van der Waals surface area contributed by atoms with Crippen molar-refractivity contribution in [2.75, 3.05) is 26.6 Å². The minimum Gasteiger partial charge on any atom is -0.493 e. The van der Waals surface area contributed by atoms with Crippen LogP contribution in [-0.2, 0) is 14.3 Å². The molecule has 0 unspecified atom stereocenters. The zero-order valence-corrected chi connectivity index (χ0v) is 15.9. The number of amides is 1. The van der Waals surface area contributed by atoms with E-state index in [1.807, 2.05) is 6.07 Å². The molecule has 0 N–H and O–H groups in total. The van der Waals surface area contributed by atoms with E-state index < -0.39 is 12.0 Å². The summed E-state index contributed by atoms with van der Waals surface area (Å²) in [5, 5.41) is 0.579. The van der Waals surface area contributed by atoms with E-state index >= 15 is 0 Å². The Bertz CT molecular complexity index is 818. The van der Waals surface area contributed by atoms with Crippen LogP contribution in [0.25, 0.3) is 0 Å². The number of benzene rings is 1. The molecule has 1 aromatic rings. The summed E-state index contributed by atoms with van der Waals surface area (Å²) in [6.45, 7) is 3.72. The monoisotopic (exact) mass is 376 g/mol. The van der Waals surface area contributed by atoms with Crippen LogP contribution in [0, 0.1) is 0 Å². The molecule has 7 nitrogen and oxygen atoms in total. The lowest BCUT2D eigenvalue weighted by atomic mass is 9.93. The highest BCUT2D eigenvalue weighted by Gasteiger charge is 2.44. The van der Waals surface area contributed by atoms with Gasteiger partial charge in [0.2, 0.25) is 5.91 Å². The number of methoxy groups -OCH3 is 2. The van der Waals surface area contributed by atoms with Gasteiger partial charge in [-0.15, -0.1) is 0 Å². The van der Waals surface area contributed by atoms with Crippen LogP contribution >= 0.6 is 11.8 Å². The van der Waals surface area contributed by atoms with Crippen molar-refractivity contribution in [1.29, 1.82) is 0 Å². The fraction of sp³-hybridized carbons (Fsp3) is 0.389. The molecule has 1 atom stereocenters. The summed E-state index contributed by atoms with van der Waals surface area (Å²) in [5.74, 6) is 0.672. The summed E-state index contributed by atoms with van der Waals surface area (Å²) in [4.78, 5) is 31.2. The summed E-state index contributed by atoms with van der Waals surface area (Å²) in [7, 11) is 3.07. The Kier molecular flexibility index (Phi) is 5.22. The molecule has 0 saturated carbocycles.